The first-order valence-corrected chi connectivity index (χ1v) is 11.5. The first kappa shape index (κ1) is 24.9. The lowest BCUT2D eigenvalue weighted by atomic mass is 9.77. The number of aliphatic hydroxyl groups is 1. The van der Waals surface area contributed by atoms with Crippen molar-refractivity contribution < 1.29 is 20.0 Å². The molecule has 2 fully saturated rings. The minimum atomic E-state index is -1.33. The molecule has 2 aliphatic heterocycles. The number of amides is 1. The summed E-state index contributed by atoms with van der Waals surface area (Å²) in [5.74, 6) is 0. The zero-order valence-electron chi connectivity index (χ0n) is 20.8. The van der Waals surface area contributed by atoms with E-state index in [1.165, 1.54) is 11.1 Å². The van der Waals surface area contributed by atoms with Gasteiger partial charge in [-0.15, -0.1) is 0 Å². The lowest BCUT2D eigenvalue weighted by Crippen LogP contribution is -3.06. The first-order valence-electron chi connectivity index (χ1n) is 11.5. The van der Waals surface area contributed by atoms with Crippen molar-refractivity contribution in [2.24, 2.45) is 0 Å². The van der Waals surface area contributed by atoms with Crippen molar-refractivity contribution >= 4 is 6.09 Å². The number of carbonyl (C=O) groups excluding carboxylic acids is 1. The highest BCUT2D eigenvalue weighted by molar-refractivity contribution is 5.72. The number of rotatable bonds is 7. The Morgan fingerprint density at radius 2 is 1.63 bits per heavy atom. The van der Waals surface area contributed by atoms with E-state index in [9.17, 15) is 9.90 Å². The molecule has 5 heteroatoms. The van der Waals surface area contributed by atoms with E-state index in [4.69, 9.17) is 4.74 Å². The van der Waals surface area contributed by atoms with Gasteiger partial charge < -0.3 is 15.2 Å². The van der Waals surface area contributed by atoms with Gasteiger partial charge in [0, 0.05) is 18.9 Å². The van der Waals surface area contributed by atoms with Crippen molar-refractivity contribution in [3.63, 3.8) is 0 Å². The summed E-state index contributed by atoms with van der Waals surface area (Å²) in [5, 5.41) is 13.9. The monoisotopic (exact) mass is 421 g/mol. The van der Waals surface area contributed by atoms with E-state index in [0.717, 1.165) is 32.1 Å². The van der Waals surface area contributed by atoms with Crippen LogP contribution in [0.4, 0.5) is 4.79 Å². The van der Waals surface area contributed by atoms with Crippen LogP contribution in [-0.4, -0.2) is 44.5 Å². The molecule has 5 nitrogen and oxygen atoms in total. The van der Waals surface area contributed by atoms with Crippen LogP contribution in [0.2, 0.25) is 0 Å². The van der Waals surface area contributed by atoms with Crippen molar-refractivity contribution in [2.45, 2.75) is 129 Å². The van der Waals surface area contributed by atoms with E-state index >= 15 is 0 Å². The average molecular weight is 422 g/mol. The summed E-state index contributed by atoms with van der Waals surface area (Å²) < 4.78 is 5.85. The second kappa shape index (κ2) is 8.66. The number of carbonyl (C=O) groups is 1. The molecule has 0 spiro atoms. The van der Waals surface area contributed by atoms with Gasteiger partial charge in [-0.05, 0) is 88.0 Å². The number of allylic oxidation sites excluding steroid dienone is 4. The Morgan fingerprint density at radius 1 is 1.07 bits per heavy atom. The molecule has 172 valence electrons. The van der Waals surface area contributed by atoms with Gasteiger partial charge in [-0.2, -0.15) is 0 Å². The molecular formula is C25H45N2O3+. The lowest BCUT2D eigenvalue weighted by molar-refractivity contribution is -0.788. The van der Waals surface area contributed by atoms with Gasteiger partial charge in [-0.25, -0.2) is 4.79 Å². The number of ether oxygens (including phenoxy) is 1. The van der Waals surface area contributed by atoms with Crippen molar-refractivity contribution in [1.82, 2.24) is 4.90 Å². The molecule has 0 aliphatic carbocycles. The smallest absolute Gasteiger partial charge is 0.413 e. The predicted molar refractivity (Wildman–Crippen MR) is 122 cm³/mol. The maximum Gasteiger partial charge on any atom is 0.413 e. The van der Waals surface area contributed by atoms with Gasteiger partial charge in [0.2, 0.25) is 0 Å². The SMILES string of the molecule is CC(C)=CCC/C(C)=C/CC[C@@]1(C)OC(=O)N(C2CC(C)(C)[NH2+]C(C)(C)C2)[C@]1(C)O. The second-order valence-electron chi connectivity index (χ2n) is 11.6. The predicted octanol–water partition coefficient (Wildman–Crippen LogP) is 4.66. The van der Waals surface area contributed by atoms with E-state index in [0.29, 0.717) is 6.42 Å². The highest BCUT2D eigenvalue weighted by Crippen LogP contribution is 2.44. The zero-order chi connectivity index (χ0) is 23.0. The number of quaternary nitrogens is 1. The van der Waals surface area contributed by atoms with Crippen LogP contribution in [0.25, 0.3) is 0 Å². The summed E-state index contributed by atoms with van der Waals surface area (Å²) in [6.07, 6.45) is 9.23. The van der Waals surface area contributed by atoms with Crippen LogP contribution in [0, 0.1) is 0 Å². The van der Waals surface area contributed by atoms with Crippen molar-refractivity contribution in [1.29, 1.82) is 0 Å². The summed E-state index contributed by atoms with van der Waals surface area (Å²) in [5.41, 5.74) is 0.442. The van der Waals surface area contributed by atoms with E-state index in [2.05, 4.69) is 65.9 Å². The number of cyclic esters (lactones) is 1. The van der Waals surface area contributed by atoms with E-state index in [1.54, 1.807) is 11.8 Å². The minimum Gasteiger partial charge on any atom is -0.438 e. The van der Waals surface area contributed by atoms with Crippen LogP contribution < -0.4 is 5.32 Å². The quantitative estimate of drug-likeness (QED) is 0.588. The molecule has 2 rings (SSSR count). The Balaban J connectivity index is 2.10. The largest absolute Gasteiger partial charge is 0.438 e. The van der Waals surface area contributed by atoms with Crippen molar-refractivity contribution in [3.8, 4) is 0 Å². The Morgan fingerprint density at radius 3 is 2.17 bits per heavy atom. The summed E-state index contributed by atoms with van der Waals surface area (Å²) in [6, 6.07) is -0.0364. The summed E-state index contributed by atoms with van der Waals surface area (Å²) >= 11 is 0. The van der Waals surface area contributed by atoms with Crippen molar-refractivity contribution in [2.75, 3.05) is 0 Å². The van der Waals surface area contributed by atoms with Crippen LogP contribution in [0.15, 0.2) is 23.3 Å². The number of piperidine rings is 1. The molecule has 0 saturated carbocycles. The third-order valence-electron chi connectivity index (χ3n) is 6.86. The summed E-state index contributed by atoms with van der Waals surface area (Å²) in [7, 11) is 0. The lowest BCUT2D eigenvalue weighted by Gasteiger charge is -2.48. The van der Waals surface area contributed by atoms with Gasteiger partial charge in [-0.3, -0.25) is 4.90 Å². The third-order valence-corrected chi connectivity index (χ3v) is 6.86. The molecule has 0 aromatic rings. The Kier molecular flexibility index (Phi) is 7.20. The number of hydrogen-bond donors (Lipinski definition) is 2. The standard InChI is InChI=1S/C25H44N2O3/c1-18(2)12-10-13-19(3)14-11-15-24(8)25(9,29)27(21(28)30-24)20-16-22(4,5)26-23(6,7)17-20/h12,14,20,26,29H,10-11,13,15-17H2,1-9H3/p+1/b19-14+/t24-,25-/m1/s1. The van der Waals surface area contributed by atoms with Gasteiger partial charge >= 0.3 is 6.09 Å². The third kappa shape index (κ3) is 5.67. The molecule has 0 radical (unpaired) electrons. The fourth-order valence-electron chi connectivity index (χ4n) is 5.49. The fourth-order valence-corrected chi connectivity index (χ4v) is 5.49. The minimum absolute atomic E-state index is 0.00685. The van der Waals surface area contributed by atoms with Crippen LogP contribution in [0.3, 0.4) is 0 Å². The molecular weight excluding hydrogens is 376 g/mol. The van der Waals surface area contributed by atoms with Crippen LogP contribution in [-0.2, 0) is 4.74 Å². The zero-order valence-corrected chi connectivity index (χ0v) is 20.8. The fraction of sp³-hybridized carbons (Fsp3) is 0.800. The van der Waals surface area contributed by atoms with E-state index in [1.807, 2.05) is 6.92 Å². The first-order chi connectivity index (χ1) is 13.6. The topological polar surface area (TPSA) is 66.4 Å². The van der Waals surface area contributed by atoms with E-state index in [-0.39, 0.29) is 23.2 Å². The van der Waals surface area contributed by atoms with Gasteiger partial charge in [0.05, 0.1) is 11.1 Å². The summed E-state index contributed by atoms with van der Waals surface area (Å²) in [6.45, 7) is 18.8. The molecule has 0 aromatic heterocycles. The molecule has 3 N–H and O–H groups in total. The van der Waals surface area contributed by atoms with Crippen LogP contribution in [0.5, 0.6) is 0 Å². The molecule has 2 atom stereocenters. The molecule has 2 aliphatic rings. The Bertz CT molecular complexity index is 685. The molecule has 0 aromatic carbocycles. The van der Waals surface area contributed by atoms with Gasteiger partial charge in [-0.1, -0.05) is 23.3 Å². The normalized spacial score (nSPS) is 31.6. The molecule has 0 bridgehead atoms. The molecule has 1 amide bonds. The number of nitrogens with two attached hydrogens (primary N) is 1. The number of nitrogens with zero attached hydrogens (tertiary/aromatic N) is 1. The highest BCUT2D eigenvalue weighted by Gasteiger charge is 2.62. The maximum absolute atomic E-state index is 12.9. The molecule has 2 saturated heterocycles. The Labute approximate surface area is 183 Å². The van der Waals surface area contributed by atoms with Crippen LogP contribution in [0.1, 0.15) is 101 Å². The maximum atomic E-state index is 12.9. The van der Waals surface area contributed by atoms with E-state index < -0.39 is 11.3 Å². The highest BCUT2D eigenvalue weighted by atomic mass is 16.6. The average Bonchev–Trinajstić information content (AvgIpc) is 2.68. The second-order valence-corrected chi connectivity index (χ2v) is 11.6. The number of hydrogen-bond acceptors (Lipinski definition) is 3. The Hall–Kier alpha value is -1.33. The van der Waals surface area contributed by atoms with Gasteiger partial charge in [0.1, 0.15) is 0 Å². The van der Waals surface area contributed by atoms with Crippen LogP contribution >= 0.6 is 0 Å². The van der Waals surface area contributed by atoms with Crippen molar-refractivity contribution in [3.05, 3.63) is 23.3 Å². The van der Waals surface area contributed by atoms with Gasteiger partial charge in [0.25, 0.3) is 0 Å². The summed E-state index contributed by atoms with van der Waals surface area (Å²) in [4.78, 5) is 14.6. The molecule has 30 heavy (non-hydrogen) atoms. The van der Waals surface area contributed by atoms with Gasteiger partial charge in [0.15, 0.2) is 11.3 Å². The molecule has 2 heterocycles. The molecule has 0 unspecified atom stereocenters.